The lowest BCUT2D eigenvalue weighted by atomic mass is 10.0. The number of phosphoric ester groups is 1. The Kier molecular flexibility index (Phi) is 43.3. The second-order valence-electron chi connectivity index (χ2n) is 16.3. The van der Waals surface area contributed by atoms with Crippen molar-refractivity contribution in [2.24, 2.45) is 5.73 Å². The predicted octanol–water partition coefficient (Wildman–Crippen LogP) is 13.9. The number of aliphatic hydroxyl groups is 1. The van der Waals surface area contributed by atoms with E-state index in [2.05, 4.69) is 43.5 Å². The minimum Gasteiger partial charge on any atom is -0.387 e. The molecule has 57 heavy (non-hydrogen) atoms. The Balaban J connectivity index is 4.16. The number of phosphoric acid groups is 1. The number of nitrogens with one attached hydrogen (secondary N) is 1. The molecular formula is C48H93N2O6P. The van der Waals surface area contributed by atoms with E-state index in [0.717, 1.165) is 51.4 Å². The van der Waals surface area contributed by atoms with Gasteiger partial charge in [0.1, 0.15) is 0 Å². The van der Waals surface area contributed by atoms with Crippen molar-refractivity contribution in [2.45, 2.75) is 244 Å². The van der Waals surface area contributed by atoms with Gasteiger partial charge in [0.15, 0.2) is 0 Å². The number of carbonyl (C=O) groups is 1. The van der Waals surface area contributed by atoms with E-state index in [9.17, 15) is 19.4 Å². The Hall–Kier alpha value is -1.28. The van der Waals surface area contributed by atoms with E-state index in [0.29, 0.717) is 6.42 Å². The second kappa shape index (κ2) is 44.3. The molecule has 0 spiro atoms. The number of nitrogens with two attached hydrogens (primary N) is 1. The summed E-state index contributed by atoms with van der Waals surface area (Å²) in [6.45, 7) is 4.13. The van der Waals surface area contributed by atoms with Gasteiger partial charge in [-0.05, 0) is 51.4 Å². The molecule has 0 radical (unpaired) electrons. The third-order valence-electron chi connectivity index (χ3n) is 10.7. The summed E-state index contributed by atoms with van der Waals surface area (Å²) >= 11 is 0. The number of rotatable bonds is 45. The zero-order valence-corrected chi connectivity index (χ0v) is 38.2. The first-order valence-corrected chi connectivity index (χ1v) is 25.6. The number of aliphatic hydroxyl groups excluding tert-OH is 1. The van der Waals surface area contributed by atoms with Crippen LogP contribution in [0.5, 0.6) is 0 Å². The lowest BCUT2D eigenvalue weighted by Gasteiger charge is -2.23. The third-order valence-corrected chi connectivity index (χ3v) is 11.7. The van der Waals surface area contributed by atoms with Crippen molar-refractivity contribution < 1.29 is 28.4 Å². The SMILES string of the molecule is CCCCCC/C=C\C/C=C\CCCCCCCCCC(=O)NC(COP(=O)(O)OCCN)C(O)/C=C/CCCCCCCCCCCCCCCCCCCC. The fourth-order valence-corrected chi connectivity index (χ4v) is 7.80. The van der Waals surface area contributed by atoms with Gasteiger partial charge in [0, 0.05) is 13.0 Å². The summed E-state index contributed by atoms with van der Waals surface area (Å²) in [4.78, 5) is 22.8. The van der Waals surface area contributed by atoms with Gasteiger partial charge >= 0.3 is 7.82 Å². The Labute approximate surface area is 352 Å². The van der Waals surface area contributed by atoms with Crippen LogP contribution in [0.25, 0.3) is 0 Å². The van der Waals surface area contributed by atoms with Gasteiger partial charge in [-0.2, -0.15) is 0 Å². The molecule has 0 bridgehead atoms. The van der Waals surface area contributed by atoms with E-state index >= 15 is 0 Å². The molecule has 8 nitrogen and oxygen atoms in total. The maximum absolute atomic E-state index is 12.8. The molecule has 0 aromatic rings. The standard InChI is InChI=1S/C48H93N2O6P/c1-3-5-7-9-11-13-15-17-19-21-23-24-25-27-29-31-33-35-37-39-41-47(51)46(45-56-57(53,54)55-44-43-49)50-48(52)42-40-38-36-34-32-30-28-26-22-20-18-16-14-12-10-8-6-4-2/h14,16,20,22,39,41,46-47,51H,3-13,15,17-19,21,23-38,40,42-45,49H2,1-2H3,(H,50,52)(H,53,54)/b16-14-,22-20-,41-39+. The summed E-state index contributed by atoms with van der Waals surface area (Å²) in [5, 5.41) is 13.7. The highest BCUT2D eigenvalue weighted by Gasteiger charge is 2.26. The molecule has 0 aromatic carbocycles. The molecule has 336 valence electrons. The van der Waals surface area contributed by atoms with Crippen LogP contribution in [-0.4, -0.2) is 47.8 Å². The monoisotopic (exact) mass is 825 g/mol. The average molecular weight is 825 g/mol. The Bertz CT molecular complexity index is 990. The van der Waals surface area contributed by atoms with Gasteiger partial charge < -0.3 is 21.1 Å². The van der Waals surface area contributed by atoms with Crippen LogP contribution in [-0.2, 0) is 18.4 Å². The molecule has 0 rings (SSSR count). The molecule has 0 fully saturated rings. The summed E-state index contributed by atoms with van der Waals surface area (Å²) in [5.41, 5.74) is 5.38. The first-order chi connectivity index (χ1) is 27.9. The summed E-state index contributed by atoms with van der Waals surface area (Å²) in [5.74, 6) is -0.201. The summed E-state index contributed by atoms with van der Waals surface area (Å²) in [6.07, 6.45) is 53.4. The molecule has 0 aliphatic heterocycles. The van der Waals surface area contributed by atoms with Crippen molar-refractivity contribution >= 4 is 13.7 Å². The van der Waals surface area contributed by atoms with Crippen molar-refractivity contribution in [3.63, 3.8) is 0 Å². The van der Waals surface area contributed by atoms with E-state index in [1.165, 1.54) is 161 Å². The van der Waals surface area contributed by atoms with Crippen LogP contribution in [0.4, 0.5) is 0 Å². The molecule has 5 N–H and O–H groups in total. The van der Waals surface area contributed by atoms with Crippen LogP contribution in [0.15, 0.2) is 36.5 Å². The number of hydrogen-bond acceptors (Lipinski definition) is 6. The Morgan fingerprint density at radius 1 is 0.579 bits per heavy atom. The number of allylic oxidation sites excluding steroid dienone is 5. The van der Waals surface area contributed by atoms with Gasteiger partial charge in [-0.15, -0.1) is 0 Å². The quantitative estimate of drug-likeness (QED) is 0.0273. The van der Waals surface area contributed by atoms with Crippen LogP contribution < -0.4 is 11.1 Å². The van der Waals surface area contributed by atoms with Gasteiger partial charge in [-0.3, -0.25) is 13.8 Å². The molecule has 0 heterocycles. The minimum absolute atomic E-state index is 0.0770. The molecule has 0 saturated heterocycles. The molecule has 3 atom stereocenters. The van der Waals surface area contributed by atoms with Gasteiger partial charge in [0.2, 0.25) is 5.91 Å². The van der Waals surface area contributed by atoms with Crippen molar-refractivity contribution in [3.8, 4) is 0 Å². The number of amides is 1. The van der Waals surface area contributed by atoms with E-state index in [4.69, 9.17) is 14.8 Å². The van der Waals surface area contributed by atoms with E-state index in [1.54, 1.807) is 6.08 Å². The molecule has 0 aromatic heterocycles. The topological polar surface area (TPSA) is 131 Å². The molecule has 0 aliphatic rings. The van der Waals surface area contributed by atoms with Gasteiger partial charge in [0.05, 0.1) is 25.4 Å². The zero-order valence-electron chi connectivity index (χ0n) is 37.3. The summed E-state index contributed by atoms with van der Waals surface area (Å²) in [6, 6.07) is -0.864. The van der Waals surface area contributed by atoms with Crippen molar-refractivity contribution in [3.05, 3.63) is 36.5 Å². The first-order valence-electron chi connectivity index (χ1n) is 24.1. The number of unbranched alkanes of at least 4 members (excludes halogenated alkanes) is 29. The smallest absolute Gasteiger partial charge is 0.387 e. The first kappa shape index (κ1) is 55.7. The van der Waals surface area contributed by atoms with E-state index in [1.807, 2.05) is 6.08 Å². The van der Waals surface area contributed by atoms with Crippen molar-refractivity contribution in [2.75, 3.05) is 19.8 Å². The van der Waals surface area contributed by atoms with Crippen molar-refractivity contribution in [1.29, 1.82) is 0 Å². The highest BCUT2D eigenvalue weighted by Crippen LogP contribution is 2.43. The predicted molar refractivity (Wildman–Crippen MR) is 244 cm³/mol. The van der Waals surface area contributed by atoms with Gasteiger partial charge in [0.25, 0.3) is 0 Å². The maximum atomic E-state index is 12.8. The normalized spacial score (nSPS) is 14.3. The third kappa shape index (κ3) is 42.6. The Morgan fingerprint density at radius 3 is 1.40 bits per heavy atom. The maximum Gasteiger partial charge on any atom is 0.472 e. The highest BCUT2D eigenvalue weighted by molar-refractivity contribution is 7.47. The number of carbonyl (C=O) groups excluding carboxylic acids is 1. The largest absolute Gasteiger partial charge is 0.472 e. The fourth-order valence-electron chi connectivity index (χ4n) is 7.05. The molecule has 3 unspecified atom stereocenters. The summed E-state index contributed by atoms with van der Waals surface area (Å²) < 4.78 is 22.2. The van der Waals surface area contributed by atoms with E-state index in [-0.39, 0.29) is 25.7 Å². The van der Waals surface area contributed by atoms with Crippen LogP contribution >= 0.6 is 7.82 Å². The van der Waals surface area contributed by atoms with Gasteiger partial charge in [-0.25, -0.2) is 4.57 Å². The highest BCUT2D eigenvalue weighted by atomic mass is 31.2. The van der Waals surface area contributed by atoms with Crippen LogP contribution in [0, 0.1) is 0 Å². The average Bonchev–Trinajstić information content (AvgIpc) is 3.20. The lowest BCUT2D eigenvalue weighted by molar-refractivity contribution is -0.123. The molecule has 0 aliphatic carbocycles. The molecule has 9 heteroatoms. The van der Waals surface area contributed by atoms with Crippen LogP contribution in [0.3, 0.4) is 0 Å². The van der Waals surface area contributed by atoms with Crippen molar-refractivity contribution in [1.82, 2.24) is 5.32 Å². The van der Waals surface area contributed by atoms with Crippen LogP contribution in [0.1, 0.15) is 232 Å². The molecule has 1 amide bonds. The minimum atomic E-state index is -4.34. The van der Waals surface area contributed by atoms with E-state index < -0.39 is 20.0 Å². The van der Waals surface area contributed by atoms with Crippen LogP contribution in [0.2, 0.25) is 0 Å². The zero-order chi connectivity index (χ0) is 41.8. The lowest BCUT2D eigenvalue weighted by Crippen LogP contribution is -2.45. The Morgan fingerprint density at radius 2 is 0.965 bits per heavy atom. The number of hydrogen-bond donors (Lipinski definition) is 4. The molecular weight excluding hydrogens is 732 g/mol. The van der Waals surface area contributed by atoms with Gasteiger partial charge in [-0.1, -0.05) is 211 Å². The second-order valence-corrected chi connectivity index (χ2v) is 17.8. The summed E-state index contributed by atoms with van der Waals surface area (Å²) in [7, 11) is -4.34. The molecule has 0 saturated carbocycles. The fraction of sp³-hybridized carbons (Fsp3) is 0.854.